The third-order valence-corrected chi connectivity index (χ3v) is 6.62. The standard InChI is InChI=1S/C21H18N4OS2/c1-12-8-9-17(22-10-12)25-19(26)15-6-4-5-7-16(15)28-21-18-13(2)14(3)27-20(18)23-11-24-21/h4-11H,1-3H3,(H,22,25,26). The van der Waals surface area contributed by atoms with Crippen LogP contribution >= 0.6 is 23.1 Å². The van der Waals surface area contributed by atoms with Gasteiger partial charge in [0.1, 0.15) is 22.0 Å². The number of fused-ring (bicyclic) bond motifs is 1. The van der Waals surface area contributed by atoms with Gasteiger partial charge in [-0.15, -0.1) is 11.3 Å². The molecule has 3 aromatic heterocycles. The second kappa shape index (κ2) is 7.69. The van der Waals surface area contributed by atoms with Crippen LogP contribution in [0.5, 0.6) is 0 Å². The summed E-state index contributed by atoms with van der Waals surface area (Å²) in [6.07, 6.45) is 3.31. The number of anilines is 1. The average Bonchev–Trinajstić information content (AvgIpc) is 2.99. The Morgan fingerprint density at radius 3 is 2.64 bits per heavy atom. The van der Waals surface area contributed by atoms with Gasteiger partial charge in [-0.2, -0.15) is 0 Å². The first-order chi connectivity index (χ1) is 13.5. The molecule has 0 aliphatic rings. The van der Waals surface area contributed by atoms with E-state index < -0.39 is 0 Å². The summed E-state index contributed by atoms with van der Waals surface area (Å²) in [4.78, 5) is 29.0. The van der Waals surface area contributed by atoms with E-state index in [1.807, 2.05) is 37.3 Å². The van der Waals surface area contributed by atoms with Crippen LogP contribution in [0, 0.1) is 20.8 Å². The summed E-state index contributed by atoms with van der Waals surface area (Å²) in [6, 6.07) is 11.3. The van der Waals surface area contributed by atoms with E-state index >= 15 is 0 Å². The summed E-state index contributed by atoms with van der Waals surface area (Å²) < 4.78 is 0. The Morgan fingerprint density at radius 1 is 1.04 bits per heavy atom. The van der Waals surface area contributed by atoms with Crippen molar-refractivity contribution in [3.05, 3.63) is 70.5 Å². The van der Waals surface area contributed by atoms with E-state index in [1.54, 1.807) is 29.9 Å². The molecule has 7 heteroatoms. The topological polar surface area (TPSA) is 67.8 Å². The molecule has 0 aliphatic carbocycles. The zero-order valence-corrected chi connectivity index (χ0v) is 17.3. The van der Waals surface area contributed by atoms with E-state index in [2.05, 4.69) is 34.1 Å². The minimum absolute atomic E-state index is 0.192. The molecule has 140 valence electrons. The lowest BCUT2D eigenvalue weighted by molar-refractivity contribution is 0.102. The number of carbonyl (C=O) groups excluding carboxylic acids is 1. The van der Waals surface area contributed by atoms with E-state index in [0.29, 0.717) is 11.4 Å². The number of carbonyl (C=O) groups is 1. The van der Waals surface area contributed by atoms with Crippen LogP contribution in [0.2, 0.25) is 0 Å². The van der Waals surface area contributed by atoms with Gasteiger partial charge in [0.15, 0.2) is 0 Å². The molecule has 0 bridgehead atoms. The summed E-state index contributed by atoms with van der Waals surface area (Å²) in [6.45, 7) is 6.14. The molecule has 5 nitrogen and oxygen atoms in total. The van der Waals surface area contributed by atoms with E-state index in [9.17, 15) is 4.79 Å². The van der Waals surface area contributed by atoms with Crippen LogP contribution in [-0.2, 0) is 0 Å². The Labute approximate surface area is 171 Å². The Hall–Kier alpha value is -2.77. The number of hydrogen-bond acceptors (Lipinski definition) is 6. The van der Waals surface area contributed by atoms with E-state index in [-0.39, 0.29) is 5.91 Å². The van der Waals surface area contributed by atoms with Crippen LogP contribution in [0.4, 0.5) is 5.82 Å². The first-order valence-electron chi connectivity index (χ1n) is 8.74. The molecule has 1 aromatic carbocycles. The van der Waals surface area contributed by atoms with Crippen molar-refractivity contribution in [3.8, 4) is 0 Å². The number of pyridine rings is 1. The lowest BCUT2D eigenvalue weighted by Gasteiger charge is -2.10. The molecule has 28 heavy (non-hydrogen) atoms. The Kier molecular flexibility index (Phi) is 5.11. The molecule has 3 heterocycles. The summed E-state index contributed by atoms with van der Waals surface area (Å²) >= 11 is 3.15. The zero-order valence-electron chi connectivity index (χ0n) is 15.7. The number of aryl methyl sites for hydroxylation is 3. The highest BCUT2D eigenvalue weighted by Gasteiger charge is 2.17. The van der Waals surface area contributed by atoms with Gasteiger partial charge in [-0.25, -0.2) is 15.0 Å². The monoisotopic (exact) mass is 406 g/mol. The number of nitrogens with zero attached hydrogens (tertiary/aromatic N) is 3. The van der Waals surface area contributed by atoms with E-state index in [4.69, 9.17) is 0 Å². The second-order valence-electron chi connectivity index (χ2n) is 6.42. The summed E-state index contributed by atoms with van der Waals surface area (Å²) in [7, 11) is 0. The lowest BCUT2D eigenvalue weighted by atomic mass is 10.2. The highest BCUT2D eigenvalue weighted by Crippen LogP contribution is 2.38. The summed E-state index contributed by atoms with van der Waals surface area (Å²) in [5, 5.41) is 4.79. The molecule has 0 atom stereocenters. The first kappa shape index (κ1) is 18.6. The molecule has 1 amide bonds. The molecular formula is C21H18N4OS2. The van der Waals surface area contributed by atoms with Crippen molar-refractivity contribution in [1.82, 2.24) is 15.0 Å². The van der Waals surface area contributed by atoms with Crippen LogP contribution in [-0.4, -0.2) is 20.9 Å². The number of thiophene rings is 1. The van der Waals surface area contributed by atoms with Crippen LogP contribution in [0.25, 0.3) is 10.2 Å². The number of amides is 1. The molecule has 0 unspecified atom stereocenters. The SMILES string of the molecule is Cc1ccc(NC(=O)c2ccccc2Sc2ncnc3sc(C)c(C)c23)nc1. The molecule has 0 fully saturated rings. The van der Waals surface area contributed by atoms with Gasteiger partial charge in [0.2, 0.25) is 0 Å². The van der Waals surface area contributed by atoms with Crippen molar-refractivity contribution < 1.29 is 4.79 Å². The van der Waals surface area contributed by atoms with Gasteiger partial charge in [-0.05, 0) is 50.1 Å². The minimum atomic E-state index is -0.192. The Bertz CT molecular complexity index is 1170. The number of aromatic nitrogens is 3. The van der Waals surface area contributed by atoms with E-state index in [0.717, 1.165) is 25.7 Å². The zero-order chi connectivity index (χ0) is 19.7. The number of rotatable bonds is 4. The second-order valence-corrected chi connectivity index (χ2v) is 8.65. The van der Waals surface area contributed by atoms with Gasteiger partial charge in [-0.3, -0.25) is 4.79 Å². The molecule has 0 spiro atoms. The normalized spacial score (nSPS) is 11.0. The van der Waals surface area contributed by atoms with Crippen LogP contribution in [0.1, 0.15) is 26.4 Å². The van der Waals surface area contributed by atoms with Crippen molar-refractivity contribution in [1.29, 1.82) is 0 Å². The lowest BCUT2D eigenvalue weighted by Crippen LogP contribution is -2.13. The Morgan fingerprint density at radius 2 is 1.86 bits per heavy atom. The molecule has 0 aliphatic heterocycles. The number of hydrogen-bond donors (Lipinski definition) is 1. The fraction of sp³-hybridized carbons (Fsp3) is 0.143. The first-order valence-corrected chi connectivity index (χ1v) is 10.4. The highest BCUT2D eigenvalue weighted by molar-refractivity contribution is 7.99. The maximum absolute atomic E-state index is 12.8. The predicted octanol–water partition coefficient (Wildman–Crippen LogP) is 5.42. The minimum Gasteiger partial charge on any atom is -0.307 e. The third kappa shape index (κ3) is 3.63. The number of nitrogens with one attached hydrogen (secondary N) is 1. The molecule has 1 N–H and O–H groups in total. The molecule has 4 aromatic rings. The van der Waals surface area contributed by atoms with Crippen LogP contribution < -0.4 is 5.32 Å². The summed E-state index contributed by atoms with van der Waals surface area (Å²) in [5.41, 5.74) is 2.82. The van der Waals surface area contributed by atoms with Gasteiger partial charge in [-0.1, -0.05) is 30.0 Å². The summed E-state index contributed by atoms with van der Waals surface area (Å²) in [5.74, 6) is 0.340. The average molecular weight is 407 g/mol. The van der Waals surface area contributed by atoms with Gasteiger partial charge in [0.05, 0.1) is 5.56 Å². The van der Waals surface area contributed by atoms with Crippen molar-refractivity contribution >= 4 is 45.0 Å². The van der Waals surface area contributed by atoms with Gasteiger partial charge < -0.3 is 5.32 Å². The highest BCUT2D eigenvalue weighted by atomic mass is 32.2. The van der Waals surface area contributed by atoms with Crippen molar-refractivity contribution in [2.75, 3.05) is 5.32 Å². The van der Waals surface area contributed by atoms with E-state index in [1.165, 1.54) is 22.2 Å². The van der Waals surface area contributed by atoms with Crippen LogP contribution in [0.3, 0.4) is 0 Å². The number of benzene rings is 1. The van der Waals surface area contributed by atoms with Gasteiger partial charge in [0.25, 0.3) is 5.91 Å². The molecule has 4 rings (SSSR count). The van der Waals surface area contributed by atoms with Gasteiger partial charge >= 0.3 is 0 Å². The molecular weight excluding hydrogens is 388 g/mol. The van der Waals surface area contributed by atoms with Crippen molar-refractivity contribution in [2.24, 2.45) is 0 Å². The third-order valence-electron chi connectivity index (χ3n) is 4.42. The van der Waals surface area contributed by atoms with Crippen LogP contribution in [0.15, 0.2) is 58.8 Å². The smallest absolute Gasteiger partial charge is 0.257 e. The molecule has 0 radical (unpaired) electrons. The maximum Gasteiger partial charge on any atom is 0.257 e. The molecule has 0 saturated carbocycles. The fourth-order valence-electron chi connectivity index (χ4n) is 2.80. The largest absolute Gasteiger partial charge is 0.307 e. The van der Waals surface area contributed by atoms with Crippen molar-refractivity contribution in [3.63, 3.8) is 0 Å². The fourth-order valence-corrected chi connectivity index (χ4v) is 4.94. The maximum atomic E-state index is 12.8. The predicted molar refractivity (Wildman–Crippen MR) is 114 cm³/mol. The van der Waals surface area contributed by atoms with Gasteiger partial charge in [0, 0.05) is 21.4 Å². The van der Waals surface area contributed by atoms with Crippen molar-refractivity contribution in [2.45, 2.75) is 30.7 Å². The molecule has 0 saturated heterocycles. The quantitative estimate of drug-likeness (QED) is 0.459. The Balaban J connectivity index is 1.67.